The third kappa shape index (κ3) is 5.26. The van der Waals surface area contributed by atoms with Gasteiger partial charge in [0.2, 0.25) is 11.8 Å². The maximum atomic E-state index is 13.9. The fourth-order valence-corrected chi connectivity index (χ4v) is 5.96. The number of benzene rings is 3. The van der Waals surface area contributed by atoms with Crippen LogP contribution in [0.1, 0.15) is 23.7 Å². The van der Waals surface area contributed by atoms with Crippen LogP contribution in [-0.2, 0) is 9.59 Å². The van der Waals surface area contributed by atoms with Crippen molar-refractivity contribution in [2.75, 3.05) is 13.1 Å². The first-order chi connectivity index (χ1) is 17.9. The number of aromatic nitrogens is 2. The normalized spacial score (nSPS) is 15.0. The van der Waals surface area contributed by atoms with Crippen LogP contribution in [0.2, 0.25) is 5.02 Å². The van der Waals surface area contributed by atoms with Crippen LogP contribution < -0.4 is 11.3 Å². The highest BCUT2D eigenvalue weighted by Crippen LogP contribution is 2.38. The molecule has 2 heterocycles. The Morgan fingerprint density at radius 2 is 1.68 bits per heavy atom. The largest absolute Gasteiger partial charge is 0.369 e. The number of likely N-dealkylation sites (tertiary alicyclic amines) is 1. The van der Waals surface area contributed by atoms with Crippen LogP contribution in [0.5, 0.6) is 0 Å². The molecule has 0 radical (unpaired) electrons. The molecule has 0 spiro atoms. The fourth-order valence-electron chi connectivity index (χ4n) is 4.58. The van der Waals surface area contributed by atoms with E-state index in [0.29, 0.717) is 52.7 Å². The number of rotatable bonds is 6. The summed E-state index contributed by atoms with van der Waals surface area (Å²) >= 11 is 7.50. The van der Waals surface area contributed by atoms with E-state index in [1.165, 1.54) is 16.3 Å². The Kier molecular flexibility index (Phi) is 7.30. The number of primary amides is 1. The van der Waals surface area contributed by atoms with Crippen LogP contribution in [-0.4, -0.2) is 39.4 Å². The van der Waals surface area contributed by atoms with Crippen LogP contribution >= 0.6 is 23.4 Å². The minimum Gasteiger partial charge on any atom is -0.369 e. The molecular formula is C28H25ClN4O3S. The molecule has 7 nitrogen and oxygen atoms in total. The summed E-state index contributed by atoms with van der Waals surface area (Å²) in [7, 11) is 0. The molecule has 1 atom stereocenters. The number of halogens is 1. The molecule has 5 rings (SSSR count). The number of para-hydroxylation sites is 1. The molecule has 1 aliphatic heterocycles. The van der Waals surface area contributed by atoms with Gasteiger partial charge in [-0.05, 0) is 48.7 Å². The van der Waals surface area contributed by atoms with Gasteiger partial charge in [0.15, 0.2) is 5.16 Å². The number of amides is 2. The third-order valence-corrected chi connectivity index (χ3v) is 8.00. The number of thioether (sulfide) groups is 1. The molecule has 37 heavy (non-hydrogen) atoms. The van der Waals surface area contributed by atoms with Crippen LogP contribution in [0.4, 0.5) is 0 Å². The van der Waals surface area contributed by atoms with Crippen molar-refractivity contribution in [1.29, 1.82) is 0 Å². The predicted octanol–water partition coefficient (Wildman–Crippen LogP) is 4.60. The monoisotopic (exact) mass is 532 g/mol. The van der Waals surface area contributed by atoms with Crippen molar-refractivity contribution in [2.45, 2.75) is 23.2 Å². The maximum Gasteiger partial charge on any atom is 0.266 e. The van der Waals surface area contributed by atoms with Gasteiger partial charge in [-0.25, -0.2) is 4.98 Å². The summed E-state index contributed by atoms with van der Waals surface area (Å²) in [5.74, 6) is -0.645. The molecular weight excluding hydrogens is 508 g/mol. The van der Waals surface area contributed by atoms with E-state index in [2.05, 4.69) is 0 Å². The summed E-state index contributed by atoms with van der Waals surface area (Å²) < 4.78 is 1.52. The number of nitrogens with zero attached hydrogens (tertiary/aromatic N) is 3. The second kappa shape index (κ2) is 10.8. The number of hydrogen-bond donors (Lipinski definition) is 1. The van der Waals surface area contributed by atoms with Gasteiger partial charge >= 0.3 is 0 Å². The molecule has 2 N–H and O–H groups in total. The van der Waals surface area contributed by atoms with Gasteiger partial charge in [0.1, 0.15) is 5.25 Å². The molecule has 1 fully saturated rings. The smallest absolute Gasteiger partial charge is 0.266 e. The average Bonchev–Trinajstić information content (AvgIpc) is 2.92. The molecule has 9 heteroatoms. The molecule has 0 saturated carbocycles. The van der Waals surface area contributed by atoms with Crippen molar-refractivity contribution < 1.29 is 9.59 Å². The maximum absolute atomic E-state index is 13.9. The van der Waals surface area contributed by atoms with E-state index in [9.17, 15) is 14.4 Å². The van der Waals surface area contributed by atoms with Gasteiger partial charge in [-0.1, -0.05) is 71.9 Å². The zero-order chi connectivity index (χ0) is 25.9. The van der Waals surface area contributed by atoms with E-state index in [1.54, 1.807) is 47.4 Å². The Bertz CT molecular complexity index is 1520. The van der Waals surface area contributed by atoms with E-state index in [-0.39, 0.29) is 23.3 Å². The van der Waals surface area contributed by atoms with Crippen LogP contribution in [0, 0.1) is 5.92 Å². The zero-order valence-electron chi connectivity index (χ0n) is 19.9. The highest BCUT2D eigenvalue weighted by Gasteiger charge is 2.33. The third-order valence-electron chi connectivity index (χ3n) is 6.57. The molecule has 1 unspecified atom stereocenters. The minimum absolute atomic E-state index is 0.0980. The first kappa shape index (κ1) is 25.0. The first-order valence-electron chi connectivity index (χ1n) is 12.0. The Morgan fingerprint density at radius 3 is 2.38 bits per heavy atom. The van der Waals surface area contributed by atoms with Gasteiger partial charge < -0.3 is 10.6 Å². The number of hydrogen-bond acceptors (Lipinski definition) is 5. The molecule has 0 bridgehead atoms. The second-order valence-electron chi connectivity index (χ2n) is 8.94. The van der Waals surface area contributed by atoms with E-state index in [1.807, 2.05) is 36.4 Å². The average molecular weight is 533 g/mol. The summed E-state index contributed by atoms with van der Waals surface area (Å²) in [4.78, 5) is 45.8. The molecule has 4 aromatic rings. The van der Waals surface area contributed by atoms with E-state index in [0.717, 1.165) is 5.56 Å². The van der Waals surface area contributed by atoms with E-state index in [4.69, 9.17) is 22.3 Å². The van der Waals surface area contributed by atoms with Gasteiger partial charge in [-0.2, -0.15) is 0 Å². The van der Waals surface area contributed by atoms with Crippen molar-refractivity contribution in [3.05, 3.63) is 99.8 Å². The number of carbonyl (C=O) groups is 2. The van der Waals surface area contributed by atoms with Crippen molar-refractivity contribution in [3.63, 3.8) is 0 Å². The van der Waals surface area contributed by atoms with Crippen LogP contribution in [0.25, 0.3) is 16.6 Å². The summed E-state index contributed by atoms with van der Waals surface area (Å²) in [6, 6.07) is 23.6. The van der Waals surface area contributed by atoms with Crippen molar-refractivity contribution in [1.82, 2.24) is 14.5 Å². The topological polar surface area (TPSA) is 98.3 Å². The Labute approximate surface area is 223 Å². The number of carbonyl (C=O) groups excluding carboxylic acids is 2. The lowest BCUT2D eigenvalue weighted by atomic mass is 9.96. The Balaban J connectivity index is 1.59. The molecule has 188 valence electrons. The standard InChI is InChI=1S/C28H25ClN4O3S/c29-20-9-6-10-21(17-20)33-26(35)22-11-4-5-12-23(22)31-28(33)37-24(18-7-2-1-3-8-18)27(36)32-15-13-19(14-16-32)25(30)34/h1-12,17,19,24H,13-16H2,(H2,30,34). The highest BCUT2D eigenvalue weighted by molar-refractivity contribution is 8.00. The SMILES string of the molecule is NC(=O)C1CCN(C(=O)C(Sc2nc3ccccc3c(=O)n2-c2cccc(Cl)c2)c2ccccc2)CC1. The van der Waals surface area contributed by atoms with Crippen molar-refractivity contribution >= 4 is 46.1 Å². The van der Waals surface area contributed by atoms with E-state index >= 15 is 0 Å². The number of fused-ring (bicyclic) bond motifs is 1. The summed E-state index contributed by atoms with van der Waals surface area (Å²) in [5, 5.41) is 0.703. The lowest BCUT2D eigenvalue weighted by Gasteiger charge is -2.33. The van der Waals surface area contributed by atoms with Gasteiger partial charge in [0.25, 0.3) is 5.56 Å². The summed E-state index contributed by atoms with van der Waals surface area (Å²) in [6.45, 7) is 0.894. The van der Waals surface area contributed by atoms with Crippen LogP contribution in [0.3, 0.4) is 0 Å². The second-order valence-corrected chi connectivity index (χ2v) is 10.5. The quantitative estimate of drug-likeness (QED) is 0.289. The zero-order valence-corrected chi connectivity index (χ0v) is 21.5. The Morgan fingerprint density at radius 1 is 0.973 bits per heavy atom. The molecule has 2 amide bonds. The van der Waals surface area contributed by atoms with Gasteiger partial charge in [-0.3, -0.25) is 19.0 Å². The van der Waals surface area contributed by atoms with Crippen molar-refractivity contribution in [3.8, 4) is 5.69 Å². The molecule has 1 saturated heterocycles. The molecule has 1 aromatic heterocycles. The van der Waals surface area contributed by atoms with Gasteiger partial charge in [0.05, 0.1) is 16.6 Å². The predicted molar refractivity (Wildman–Crippen MR) is 146 cm³/mol. The first-order valence-corrected chi connectivity index (χ1v) is 13.3. The fraction of sp³-hybridized carbons (Fsp3) is 0.214. The summed E-state index contributed by atoms with van der Waals surface area (Å²) in [6.07, 6.45) is 1.07. The Hall–Kier alpha value is -3.62. The molecule has 1 aliphatic rings. The van der Waals surface area contributed by atoms with E-state index < -0.39 is 5.25 Å². The van der Waals surface area contributed by atoms with Gasteiger partial charge in [-0.15, -0.1) is 0 Å². The molecule has 3 aromatic carbocycles. The number of piperidine rings is 1. The van der Waals surface area contributed by atoms with Crippen LogP contribution in [0.15, 0.2) is 88.8 Å². The van der Waals surface area contributed by atoms with Gasteiger partial charge in [0, 0.05) is 24.0 Å². The summed E-state index contributed by atoms with van der Waals surface area (Å²) in [5.41, 5.74) is 7.17. The highest BCUT2D eigenvalue weighted by atomic mass is 35.5. The lowest BCUT2D eigenvalue weighted by Crippen LogP contribution is -2.43. The molecule has 0 aliphatic carbocycles. The van der Waals surface area contributed by atoms with Crippen molar-refractivity contribution in [2.24, 2.45) is 11.7 Å². The number of nitrogens with two attached hydrogens (primary N) is 1. The lowest BCUT2D eigenvalue weighted by molar-refractivity contribution is -0.134. The minimum atomic E-state index is -0.648.